The van der Waals surface area contributed by atoms with Gasteiger partial charge in [-0.1, -0.05) is 12.1 Å². The molecule has 0 spiro atoms. The van der Waals surface area contributed by atoms with E-state index in [9.17, 15) is 4.79 Å². The summed E-state index contributed by atoms with van der Waals surface area (Å²) in [5.41, 5.74) is 7.97. The topological polar surface area (TPSA) is 164 Å². The Kier molecular flexibility index (Phi) is 9.06. The molecular weight excluding hydrogens is 381 g/mol. The molecule has 26 heavy (non-hydrogen) atoms. The smallest absolute Gasteiger partial charge is 0.255 e. The number of anilines is 1. The minimum Gasteiger partial charge on any atom is -0.412 e. The van der Waals surface area contributed by atoms with Crippen LogP contribution in [0.3, 0.4) is 0 Å². The molecule has 2 aromatic heterocycles. The highest BCUT2D eigenvalue weighted by molar-refractivity contribution is 6.08. The molecule has 140 valence electrons. The highest BCUT2D eigenvalue weighted by Crippen LogP contribution is 2.19. The van der Waals surface area contributed by atoms with E-state index in [0.717, 1.165) is 10.9 Å². The van der Waals surface area contributed by atoms with E-state index in [1.807, 2.05) is 12.1 Å². The lowest BCUT2D eigenvalue weighted by Gasteiger charge is -2.07. The fourth-order valence-electron chi connectivity index (χ4n) is 2.13. The first-order chi connectivity index (χ1) is 11.1. The van der Waals surface area contributed by atoms with Crippen molar-refractivity contribution < 1.29 is 10.3 Å². The van der Waals surface area contributed by atoms with Crippen molar-refractivity contribution >= 4 is 53.4 Å². The molecule has 2 heterocycles. The molecule has 11 heteroatoms. The highest BCUT2D eigenvalue weighted by atomic mass is 35.5. The number of amides is 1. The van der Waals surface area contributed by atoms with Gasteiger partial charge in [-0.2, -0.15) is 5.10 Å². The summed E-state index contributed by atoms with van der Waals surface area (Å²) in [6, 6.07) is 8.79. The van der Waals surface area contributed by atoms with Crippen molar-refractivity contribution in [2.75, 3.05) is 5.32 Å². The summed E-state index contributed by atoms with van der Waals surface area (Å²) in [5.74, 6) is -0.307. The number of H-pyrrole nitrogens is 1. The van der Waals surface area contributed by atoms with Crippen LogP contribution in [0.5, 0.6) is 0 Å². The predicted molar refractivity (Wildman–Crippen MR) is 105 cm³/mol. The number of fused-ring (bicyclic) bond motifs is 1. The molecule has 0 aliphatic heterocycles. The molecule has 0 saturated heterocycles. The van der Waals surface area contributed by atoms with Crippen molar-refractivity contribution in [3.8, 4) is 0 Å². The molecule has 0 saturated carbocycles. The number of hydrogen-bond acceptors (Lipinski definition) is 4. The molecule has 1 amide bonds. The zero-order valence-electron chi connectivity index (χ0n) is 13.4. The van der Waals surface area contributed by atoms with Gasteiger partial charge in [0.1, 0.15) is 0 Å². The van der Waals surface area contributed by atoms with Gasteiger partial charge >= 0.3 is 0 Å². The number of aromatic nitrogens is 3. The van der Waals surface area contributed by atoms with Crippen LogP contribution >= 0.6 is 24.8 Å². The van der Waals surface area contributed by atoms with Gasteiger partial charge in [0, 0.05) is 18.3 Å². The van der Waals surface area contributed by atoms with Crippen LogP contribution < -0.4 is 16.4 Å². The average molecular weight is 400 g/mol. The molecule has 0 bridgehead atoms. The lowest BCUT2D eigenvalue weighted by molar-refractivity contribution is 0.102. The first-order valence-electron chi connectivity index (χ1n) is 6.90. The van der Waals surface area contributed by atoms with Crippen LogP contribution in [0.4, 0.5) is 5.69 Å². The SMILES string of the molecule is Cl.Cl.N=C(N)NCc1ccc(C(=O)Nc2ccnc3[nH]ncc23)cc1.O. The van der Waals surface area contributed by atoms with Gasteiger partial charge in [-0.3, -0.25) is 15.3 Å². The fourth-order valence-corrected chi connectivity index (χ4v) is 2.13. The average Bonchev–Trinajstić information content (AvgIpc) is 3.03. The van der Waals surface area contributed by atoms with Gasteiger partial charge in [0.25, 0.3) is 5.91 Å². The number of pyridine rings is 1. The Labute approximate surface area is 161 Å². The van der Waals surface area contributed by atoms with Crippen LogP contribution in [-0.4, -0.2) is 32.5 Å². The van der Waals surface area contributed by atoms with Crippen molar-refractivity contribution in [2.45, 2.75) is 6.54 Å². The van der Waals surface area contributed by atoms with Crippen LogP contribution in [-0.2, 0) is 6.54 Å². The third-order valence-corrected chi connectivity index (χ3v) is 3.30. The minimum absolute atomic E-state index is 0. The van der Waals surface area contributed by atoms with Crippen molar-refractivity contribution in [1.29, 1.82) is 5.41 Å². The van der Waals surface area contributed by atoms with E-state index in [2.05, 4.69) is 25.8 Å². The largest absolute Gasteiger partial charge is 0.412 e. The van der Waals surface area contributed by atoms with Crippen LogP contribution in [0.15, 0.2) is 42.7 Å². The molecule has 0 fully saturated rings. The number of carbonyl (C=O) groups excluding carboxylic acids is 1. The molecule has 8 N–H and O–H groups in total. The van der Waals surface area contributed by atoms with Crippen LogP contribution in [0.25, 0.3) is 11.0 Å². The van der Waals surface area contributed by atoms with Crippen molar-refractivity contribution in [1.82, 2.24) is 20.5 Å². The summed E-state index contributed by atoms with van der Waals surface area (Å²) in [4.78, 5) is 16.4. The van der Waals surface area contributed by atoms with Gasteiger partial charge < -0.3 is 21.8 Å². The Balaban J connectivity index is 0.00000208. The van der Waals surface area contributed by atoms with Gasteiger partial charge in [-0.05, 0) is 23.8 Å². The third kappa shape index (κ3) is 5.31. The van der Waals surface area contributed by atoms with Crippen LogP contribution in [0.2, 0.25) is 0 Å². The number of benzene rings is 1. The summed E-state index contributed by atoms with van der Waals surface area (Å²) in [7, 11) is 0. The normalized spacial score (nSPS) is 9.23. The van der Waals surface area contributed by atoms with Gasteiger partial charge in [0.2, 0.25) is 0 Å². The maximum Gasteiger partial charge on any atom is 0.255 e. The van der Waals surface area contributed by atoms with Crippen molar-refractivity contribution in [3.05, 3.63) is 53.9 Å². The van der Waals surface area contributed by atoms with Crippen LogP contribution in [0.1, 0.15) is 15.9 Å². The molecule has 0 unspecified atom stereocenters. The summed E-state index contributed by atoms with van der Waals surface area (Å²) in [6.07, 6.45) is 3.22. The molecule has 0 radical (unpaired) electrons. The number of carbonyl (C=O) groups is 1. The Hall–Kier alpha value is -2.88. The van der Waals surface area contributed by atoms with Gasteiger partial charge in [-0.15, -0.1) is 24.8 Å². The Morgan fingerprint density at radius 3 is 2.54 bits per heavy atom. The number of guanidine groups is 1. The van der Waals surface area contributed by atoms with Gasteiger partial charge in [0.15, 0.2) is 11.6 Å². The van der Waals surface area contributed by atoms with E-state index < -0.39 is 0 Å². The monoisotopic (exact) mass is 399 g/mol. The second kappa shape index (κ2) is 10.2. The molecule has 0 atom stereocenters. The molecule has 9 nitrogen and oxygen atoms in total. The lowest BCUT2D eigenvalue weighted by atomic mass is 10.1. The Morgan fingerprint density at radius 1 is 1.19 bits per heavy atom. The number of halogens is 2. The highest BCUT2D eigenvalue weighted by Gasteiger charge is 2.09. The maximum atomic E-state index is 12.3. The number of rotatable bonds is 4. The van der Waals surface area contributed by atoms with E-state index >= 15 is 0 Å². The van der Waals surface area contributed by atoms with Gasteiger partial charge in [-0.25, -0.2) is 4.98 Å². The number of nitrogens with zero attached hydrogens (tertiary/aromatic N) is 2. The van der Waals surface area contributed by atoms with E-state index in [0.29, 0.717) is 23.4 Å². The molecule has 1 aromatic carbocycles. The Bertz CT molecular complexity index is 868. The van der Waals surface area contributed by atoms with Crippen molar-refractivity contribution in [3.63, 3.8) is 0 Å². The van der Waals surface area contributed by atoms with E-state index in [-0.39, 0.29) is 42.2 Å². The summed E-state index contributed by atoms with van der Waals surface area (Å²) < 4.78 is 0. The number of nitrogens with one attached hydrogen (secondary N) is 4. The van der Waals surface area contributed by atoms with E-state index in [1.54, 1.807) is 30.6 Å². The quantitative estimate of drug-likeness (QED) is 0.328. The zero-order chi connectivity index (χ0) is 16.2. The van der Waals surface area contributed by atoms with E-state index in [1.165, 1.54) is 0 Å². The molecule has 0 aliphatic rings. The first kappa shape index (κ1) is 23.1. The number of aromatic amines is 1. The fraction of sp³-hybridized carbons (Fsp3) is 0.0667. The summed E-state index contributed by atoms with van der Waals surface area (Å²) in [5, 5.41) is 20.1. The molecule has 3 rings (SSSR count). The summed E-state index contributed by atoms with van der Waals surface area (Å²) >= 11 is 0. The number of nitrogens with two attached hydrogens (primary N) is 1. The molecule has 3 aromatic rings. The first-order valence-corrected chi connectivity index (χ1v) is 6.90. The second-order valence-electron chi connectivity index (χ2n) is 4.91. The molecule has 0 aliphatic carbocycles. The maximum absolute atomic E-state index is 12.3. The third-order valence-electron chi connectivity index (χ3n) is 3.30. The molecular formula is C15H19Cl2N7O2. The zero-order valence-corrected chi connectivity index (χ0v) is 15.1. The van der Waals surface area contributed by atoms with Crippen molar-refractivity contribution in [2.24, 2.45) is 5.73 Å². The van der Waals surface area contributed by atoms with E-state index in [4.69, 9.17) is 11.1 Å². The summed E-state index contributed by atoms with van der Waals surface area (Å²) in [6.45, 7) is 0.442. The van der Waals surface area contributed by atoms with Crippen LogP contribution in [0, 0.1) is 5.41 Å². The Morgan fingerprint density at radius 2 is 1.88 bits per heavy atom. The minimum atomic E-state index is -0.218. The lowest BCUT2D eigenvalue weighted by Crippen LogP contribution is -2.29. The number of hydrogen-bond donors (Lipinski definition) is 5. The second-order valence-corrected chi connectivity index (χ2v) is 4.91. The van der Waals surface area contributed by atoms with Gasteiger partial charge in [0.05, 0.1) is 17.3 Å². The standard InChI is InChI=1S/C15H15N7O.2ClH.H2O/c16-15(17)19-7-9-1-3-10(4-2-9)14(23)21-12-5-6-18-13-11(12)8-20-22-13;;;/h1-6,8H,7H2,(H4,16,17,19)(H2,18,20,21,22,23);2*1H;1H2. The predicted octanol–water partition coefficient (Wildman–Crippen LogP) is 1.21.